The first kappa shape index (κ1) is 13.0. The fourth-order valence-electron chi connectivity index (χ4n) is 2.61. The minimum atomic E-state index is 0.574. The summed E-state index contributed by atoms with van der Waals surface area (Å²) in [5, 5.41) is 4.27. The highest BCUT2D eigenvalue weighted by molar-refractivity contribution is 5.58. The van der Waals surface area contributed by atoms with Crippen molar-refractivity contribution >= 4 is 5.69 Å². The molecule has 1 aliphatic heterocycles. The van der Waals surface area contributed by atoms with Gasteiger partial charge in [-0.25, -0.2) is 0 Å². The number of ether oxygens (including phenoxy) is 1. The fourth-order valence-corrected chi connectivity index (χ4v) is 2.61. The molecule has 0 amide bonds. The number of aryl methyl sites for hydroxylation is 1. The van der Waals surface area contributed by atoms with Crippen LogP contribution in [0.4, 0.5) is 5.69 Å². The Labute approximate surface area is 120 Å². The number of rotatable bonds is 5. The van der Waals surface area contributed by atoms with Crippen molar-refractivity contribution < 1.29 is 4.74 Å². The van der Waals surface area contributed by atoms with E-state index in [4.69, 9.17) is 4.74 Å². The summed E-state index contributed by atoms with van der Waals surface area (Å²) in [7, 11) is 0. The molecular weight excluding hydrogens is 250 g/mol. The lowest BCUT2D eigenvalue weighted by Crippen LogP contribution is -2.18. The monoisotopic (exact) mass is 271 g/mol. The molecule has 0 saturated carbocycles. The molecule has 0 atom stereocenters. The van der Waals surface area contributed by atoms with Gasteiger partial charge < -0.3 is 9.64 Å². The second kappa shape index (κ2) is 5.99. The summed E-state index contributed by atoms with van der Waals surface area (Å²) in [5.41, 5.74) is 2.33. The molecule has 1 aliphatic rings. The summed E-state index contributed by atoms with van der Waals surface area (Å²) in [4.78, 5) is 2.41. The molecule has 2 heterocycles. The molecule has 0 N–H and O–H groups in total. The maximum atomic E-state index is 6.00. The number of benzene rings is 1. The zero-order valence-corrected chi connectivity index (χ0v) is 12.0. The van der Waals surface area contributed by atoms with Crippen LogP contribution < -0.4 is 9.64 Å². The lowest BCUT2D eigenvalue weighted by Gasteiger charge is -2.21. The minimum Gasteiger partial charge on any atom is -0.487 e. The van der Waals surface area contributed by atoms with Gasteiger partial charge in [-0.3, -0.25) is 4.68 Å². The van der Waals surface area contributed by atoms with Crippen LogP contribution in [-0.2, 0) is 13.2 Å². The molecule has 1 aromatic carbocycles. The Balaban J connectivity index is 1.70. The van der Waals surface area contributed by atoms with Gasteiger partial charge in [0, 0.05) is 31.4 Å². The maximum absolute atomic E-state index is 6.00. The summed E-state index contributed by atoms with van der Waals surface area (Å²) in [5.74, 6) is 0.971. The van der Waals surface area contributed by atoms with E-state index >= 15 is 0 Å². The zero-order chi connectivity index (χ0) is 13.8. The van der Waals surface area contributed by atoms with Crippen LogP contribution >= 0.6 is 0 Å². The van der Waals surface area contributed by atoms with Gasteiger partial charge in [0.15, 0.2) is 0 Å². The van der Waals surface area contributed by atoms with Gasteiger partial charge in [0.2, 0.25) is 0 Å². The predicted octanol–water partition coefficient (Wildman–Crippen LogP) is 3.08. The van der Waals surface area contributed by atoms with Gasteiger partial charge in [-0.1, -0.05) is 12.1 Å². The molecule has 0 bridgehead atoms. The van der Waals surface area contributed by atoms with E-state index in [0.717, 1.165) is 30.9 Å². The summed E-state index contributed by atoms with van der Waals surface area (Å²) in [6.07, 6.45) is 6.47. The standard InChI is InChI=1S/C16H21N3O/c1-2-19-12-14(11-17-19)13-20-16-8-4-3-7-15(16)18-9-5-6-10-18/h3-4,7-8,11-12H,2,5-6,9-10,13H2,1H3. The summed E-state index contributed by atoms with van der Waals surface area (Å²) in [6, 6.07) is 8.31. The Morgan fingerprint density at radius 3 is 2.75 bits per heavy atom. The smallest absolute Gasteiger partial charge is 0.143 e. The van der Waals surface area contributed by atoms with Crippen molar-refractivity contribution in [3.05, 3.63) is 42.2 Å². The van der Waals surface area contributed by atoms with Crippen LogP contribution in [0.3, 0.4) is 0 Å². The average molecular weight is 271 g/mol. The van der Waals surface area contributed by atoms with Crippen molar-refractivity contribution in [1.29, 1.82) is 0 Å². The normalized spacial score (nSPS) is 14.8. The Hall–Kier alpha value is -1.97. The van der Waals surface area contributed by atoms with Crippen LogP contribution in [0.5, 0.6) is 5.75 Å². The predicted molar refractivity (Wildman–Crippen MR) is 80.1 cm³/mol. The lowest BCUT2D eigenvalue weighted by atomic mass is 10.2. The molecule has 2 aromatic rings. The third-order valence-corrected chi connectivity index (χ3v) is 3.72. The SMILES string of the molecule is CCn1cc(COc2ccccc2N2CCCC2)cn1. The number of hydrogen-bond acceptors (Lipinski definition) is 3. The molecule has 4 heteroatoms. The van der Waals surface area contributed by atoms with Crippen LogP contribution in [-0.4, -0.2) is 22.9 Å². The molecule has 0 unspecified atom stereocenters. The van der Waals surface area contributed by atoms with Gasteiger partial charge in [0.05, 0.1) is 11.9 Å². The van der Waals surface area contributed by atoms with Crippen molar-refractivity contribution in [3.8, 4) is 5.75 Å². The van der Waals surface area contributed by atoms with Crippen LogP contribution in [0.25, 0.3) is 0 Å². The Morgan fingerprint density at radius 2 is 2.00 bits per heavy atom. The van der Waals surface area contributed by atoms with Gasteiger partial charge in [0.25, 0.3) is 0 Å². The first-order valence-electron chi connectivity index (χ1n) is 7.35. The zero-order valence-electron chi connectivity index (χ0n) is 12.0. The summed E-state index contributed by atoms with van der Waals surface area (Å²) >= 11 is 0. The number of anilines is 1. The molecule has 1 fully saturated rings. The quantitative estimate of drug-likeness (QED) is 0.837. The van der Waals surface area contributed by atoms with Gasteiger partial charge in [-0.15, -0.1) is 0 Å². The molecule has 0 radical (unpaired) electrons. The van der Waals surface area contributed by atoms with Crippen molar-refractivity contribution in [1.82, 2.24) is 9.78 Å². The van der Waals surface area contributed by atoms with Crippen molar-refractivity contribution in [3.63, 3.8) is 0 Å². The highest BCUT2D eigenvalue weighted by atomic mass is 16.5. The Morgan fingerprint density at radius 1 is 1.20 bits per heavy atom. The third-order valence-electron chi connectivity index (χ3n) is 3.72. The largest absolute Gasteiger partial charge is 0.487 e. The third kappa shape index (κ3) is 2.79. The second-order valence-corrected chi connectivity index (χ2v) is 5.15. The van der Waals surface area contributed by atoms with E-state index in [1.807, 2.05) is 23.1 Å². The molecular formula is C16H21N3O. The molecule has 0 spiro atoms. The fraction of sp³-hybridized carbons (Fsp3) is 0.438. The van der Waals surface area contributed by atoms with E-state index in [0.29, 0.717) is 6.61 Å². The average Bonchev–Trinajstić information content (AvgIpc) is 3.17. The number of para-hydroxylation sites is 2. The number of aromatic nitrogens is 2. The topological polar surface area (TPSA) is 30.3 Å². The highest BCUT2D eigenvalue weighted by Gasteiger charge is 2.16. The van der Waals surface area contributed by atoms with Crippen LogP contribution in [0.15, 0.2) is 36.7 Å². The molecule has 20 heavy (non-hydrogen) atoms. The van der Waals surface area contributed by atoms with Gasteiger partial charge in [-0.2, -0.15) is 5.10 Å². The van der Waals surface area contributed by atoms with Crippen LogP contribution in [0, 0.1) is 0 Å². The van der Waals surface area contributed by atoms with Crippen LogP contribution in [0.1, 0.15) is 25.3 Å². The Kier molecular flexibility index (Phi) is 3.90. The summed E-state index contributed by atoms with van der Waals surface area (Å²) in [6.45, 7) is 5.82. The van der Waals surface area contributed by atoms with Crippen molar-refractivity contribution in [2.45, 2.75) is 32.9 Å². The molecule has 3 rings (SSSR count). The van der Waals surface area contributed by atoms with Crippen molar-refractivity contribution in [2.75, 3.05) is 18.0 Å². The Bertz CT molecular complexity index is 558. The van der Waals surface area contributed by atoms with Gasteiger partial charge >= 0.3 is 0 Å². The van der Waals surface area contributed by atoms with Gasteiger partial charge in [-0.05, 0) is 31.9 Å². The van der Waals surface area contributed by atoms with E-state index in [1.54, 1.807) is 0 Å². The molecule has 0 aliphatic carbocycles. The van der Waals surface area contributed by atoms with E-state index in [-0.39, 0.29) is 0 Å². The maximum Gasteiger partial charge on any atom is 0.143 e. The molecule has 1 aromatic heterocycles. The number of nitrogens with zero attached hydrogens (tertiary/aromatic N) is 3. The first-order valence-corrected chi connectivity index (χ1v) is 7.35. The van der Waals surface area contributed by atoms with Crippen molar-refractivity contribution in [2.24, 2.45) is 0 Å². The molecule has 1 saturated heterocycles. The number of hydrogen-bond donors (Lipinski definition) is 0. The van der Waals surface area contributed by atoms with E-state index in [9.17, 15) is 0 Å². The minimum absolute atomic E-state index is 0.574. The molecule has 106 valence electrons. The van der Waals surface area contributed by atoms with E-state index in [1.165, 1.54) is 18.5 Å². The van der Waals surface area contributed by atoms with E-state index in [2.05, 4.69) is 35.1 Å². The summed E-state index contributed by atoms with van der Waals surface area (Å²) < 4.78 is 7.92. The lowest BCUT2D eigenvalue weighted by molar-refractivity contribution is 0.306. The van der Waals surface area contributed by atoms with Crippen LogP contribution in [0.2, 0.25) is 0 Å². The van der Waals surface area contributed by atoms with E-state index < -0.39 is 0 Å². The first-order chi connectivity index (χ1) is 9.86. The highest BCUT2D eigenvalue weighted by Crippen LogP contribution is 2.31. The van der Waals surface area contributed by atoms with Gasteiger partial charge in [0.1, 0.15) is 12.4 Å². The second-order valence-electron chi connectivity index (χ2n) is 5.15. The molecule has 4 nitrogen and oxygen atoms in total.